The van der Waals surface area contributed by atoms with E-state index in [4.69, 9.17) is 9.47 Å². The number of hydrogen-bond acceptors (Lipinski definition) is 4. The van der Waals surface area contributed by atoms with Crippen molar-refractivity contribution in [1.82, 2.24) is 5.32 Å². The van der Waals surface area contributed by atoms with E-state index in [9.17, 15) is 9.59 Å². The number of nitrogens with one attached hydrogen (secondary N) is 1. The summed E-state index contributed by atoms with van der Waals surface area (Å²) < 4.78 is 11.3. The summed E-state index contributed by atoms with van der Waals surface area (Å²) in [5.74, 6) is 0. The van der Waals surface area contributed by atoms with E-state index >= 15 is 0 Å². The zero-order chi connectivity index (χ0) is 15.4. The molecule has 0 heterocycles. The van der Waals surface area contributed by atoms with E-state index in [0.717, 1.165) is 4.58 Å². The Kier molecular flexibility index (Phi) is 5.86. The van der Waals surface area contributed by atoms with Gasteiger partial charge in [-0.25, -0.2) is 0 Å². The smallest absolute Gasteiger partial charge is 0.426 e. The van der Waals surface area contributed by atoms with Gasteiger partial charge in [0, 0.05) is 0 Å². The molecule has 0 saturated heterocycles. The molecule has 2 amide bonds. The minimum absolute atomic E-state index is 0.0310. The fraction of sp³-hybridized carbons (Fsp3) is 0.750. The molecule has 19 heavy (non-hydrogen) atoms. The van der Waals surface area contributed by atoms with E-state index in [1.54, 1.807) is 41.5 Å². The van der Waals surface area contributed by atoms with Crippen LogP contribution in [0.4, 0.5) is 9.59 Å². The maximum absolute atomic E-state index is 11.7. The van der Waals surface area contributed by atoms with Crippen LogP contribution in [0.2, 0.25) is 0 Å². The average Bonchev–Trinajstić information content (AvgIpc) is 2.10. The maximum Gasteiger partial charge on any atom is 0.507 e. The zero-order valence-electron chi connectivity index (χ0n) is 12.5. The second-order valence-electron chi connectivity index (χ2n) is 5.99. The van der Waals surface area contributed by atoms with Crippen LogP contribution in [0.15, 0.2) is 0 Å². The second-order valence-corrected chi connectivity index (χ2v) is 6.41. The van der Waals surface area contributed by atoms with E-state index in [0.29, 0.717) is 0 Å². The zero-order valence-corrected chi connectivity index (χ0v) is 13.4. The third-order valence-electron chi connectivity index (χ3n) is 1.60. The lowest BCUT2D eigenvalue weighted by atomic mass is 10.2. The summed E-state index contributed by atoms with van der Waals surface area (Å²) in [4.78, 5) is 23.2. The Labute approximate surface area is 119 Å². The fourth-order valence-electron chi connectivity index (χ4n) is 0.896. The molecule has 0 fully saturated rings. The van der Waals surface area contributed by atoms with Crippen molar-refractivity contribution in [1.29, 1.82) is 0 Å². The van der Waals surface area contributed by atoms with Crippen molar-refractivity contribution in [2.75, 3.05) is 7.05 Å². The van der Waals surface area contributed by atoms with Gasteiger partial charge in [0.15, 0.2) is 0 Å². The first-order chi connectivity index (χ1) is 8.32. The first kappa shape index (κ1) is 17.8. The van der Waals surface area contributed by atoms with Gasteiger partial charge in [0.1, 0.15) is 11.2 Å². The normalized spacial score (nSPS) is 13.5. The number of rotatable bonds is 0. The van der Waals surface area contributed by atoms with E-state index in [1.165, 1.54) is 7.05 Å². The first-order valence-corrected chi connectivity index (χ1v) is 6.29. The molecule has 0 spiro atoms. The van der Waals surface area contributed by atoms with Gasteiger partial charge in [-0.15, -0.1) is 0 Å². The molecule has 0 saturated carbocycles. The highest BCUT2D eigenvalue weighted by atomic mass is 32.1. The number of carbonyl (C=O) groups is 2. The van der Waals surface area contributed by atoms with Crippen molar-refractivity contribution in [2.45, 2.75) is 52.7 Å². The molecule has 1 N–H and O–H groups in total. The van der Waals surface area contributed by atoms with Crippen LogP contribution in [0, 0.1) is 0 Å². The topological polar surface area (TPSA) is 67.6 Å². The molecule has 0 bridgehead atoms. The maximum atomic E-state index is 11.7. The molecule has 0 rings (SSSR count). The number of amides is 2. The highest BCUT2D eigenvalue weighted by Gasteiger charge is 2.26. The number of alkyl carbamates (subject to hydrolysis) is 1. The molecular formula is C12H23N2O4S+. The SMILES string of the molecule is C[N+](C(=O)OC(C)(C)C)=C(S)NC(=O)OC(C)(C)C. The lowest BCUT2D eigenvalue weighted by Gasteiger charge is -2.19. The molecule has 0 unspecified atom stereocenters. The summed E-state index contributed by atoms with van der Waals surface area (Å²) in [7, 11) is 1.44. The highest BCUT2D eigenvalue weighted by Crippen LogP contribution is 2.08. The third-order valence-corrected chi connectivity index (χ3v) is 2.01. The number of amidine groups is 1. The summed E-state index contributed by atoms with van der Waals surface area (Å²) in [5.41, 5.74) is -1.24. The predicted octanol–water partition coefficient (Wildman–Crippen LogP) is 2.37. The molecule has 6 nitrogen and oxygen atoms in total. The van der Waals surface area contributed by atoms with Gasteiger partial charge in [0.05, 0.1) is 7.05 Å². The summed E-state index contributed by atoms with van der Waals surface area (Å²) in [5, 5.41) is 2.38. The summed E-state index contributed by atoms with van der Waals surface area (Å²) in [6.45, 7) is 10.5. The standard InChI is InChI=1S/C12H22N2O4S/c1-11(2,3)17-9(15)13-8(19)14(7)10(16)18-12(4,5)6/h1-7H3,(H,13,15,19)/p+1. The molecule has 0 aliphatic rings. The molecule has 110 valence electrons. The van der Waals surface area contributed by atoms with E-state index < -0.39 is 23.4 Å². The van der Waals surface area contributed by atoms with Crippen molar-refractivity contribution >= 4 is 30.0 Å². The van der Waals surface area contributed by atoms with E-state index in [1.807, 2.05) is 0 Å². The lowest BCUT2D eigenvalue weighted by Crippen LogP contribution is -2.40. The van der Waals surface area contributed by atoms with Gasteiger partial charge in [-0.3, -0.25) is 0 Å². The van der Waals surface area contributed by atoms with Crippen LogP contribution in [0.25, 0.3) is 0 Å². The van der Waals surface area contributed by atoms with Gasteiger partial charge in [-0.1, -0.05) is 12.6 Å². The van der Waals surface area contributed by atoms with Crippen molar-refractivity contribution in [2.24, 2.45) is 0 Å². The van der Waals surface area contributed by atoms with Crippen LogP contribution in [0.3, 0.4) is 0 Å². The fourth-order valence-corrected chi connectivity index (χ4v) is 1.07. The average molecular weight is 291 g/mol. The molecule has 0 aliphatic carbocycles. The number of ether oxygens (including phenoxy) is 2. The van der Waals surface area contributed by atoms with Gasteiger partial charge in [-0.2, -0.15) is 19.5 Å². The van der Waals surface area contributed by atoms with Crippen LogP contribution in [0.1, 0.15) is 41.5 Å². The van der Waals surface area contributed by atoms with E-state index in [-0.39, 0.29) is 5.17 Å². The monoisotopic (exact) mass is 291 g/mol. The van der Waals surface area contributed by atoms with Crippen molar-refractivity contribution in [3.8, 4) is 0 Å². The number of thiol groups is 1. The molecule has 7 heteroatoms. The van der Waals surface area contributed by atoms with Gasteiger partial charge < -0.3 is 9.47 Å². The van der Waals surface area contributed by atoms with Gasteiger partial charge in [0.2, 0.25) is 0 Å². The number of nitrogens with zero attached hydrogens (tertiary/aromatic N) is 1. The quantitative estimate of drug-likeness (QED) is 0.311. The summed E-state index contributed by atoms with van der Waals surface area (Å²) in [6, 6.07) is 0. The lowest BCUT2D eigenvalue weighted by molar-refractivity contribution is -0.417. The Morgan fingerprint density at radius 2 is 1.42 bits per heavy atom. The van der Waals surface area contributed by atoms with Crippen LogP contribution in [0.5, 0.6) is 0 Å². The van der Waals surface area contributed by atoms with Crippen LogP contribution in [-0.2, 0) is 9.47 Å². The van der Waals surface area contributed by atoms with Gasteiger partial charge in [-0.05, 0) is 41.5 Å². The van der Waals surface area contributed by atoms with Crippen LogP contribution in [-0.4, -0.2) is 40.2 Å². The number of hydrogen-bond donors (Lipinski definition) is 2. The van der Waals surface area contributed by atoms with Crippen molar-refractivity contribution in [3.05, 3.63) is 0 Å². The molecule has 0 aliphatic heterocycles. The molecular weight excluding hydrogens is 268 g/mol. The Balaban J connectivity index is 4.69. The minimum Gasteiger partial charge on any atom is -0.426 e. The Morgan fingerprint density at radius 1 is 1.00 bits per heavy atom. The minimum atomic E-state index is -0.687. The molecule has 0 radical (unpaired) electrons. The van der Waals surface area contributed by atoms with Gasteiger partial charge >= 0.3 is 17.4 Å². The number of carbonyl (C=O) groups excluding carboxylic acids is 2. The molecule has 0 atom stereocenters. The summed E-state index contributed by atoms with van der Waals surface area (Å²) in [6.07, 6.45) is -1.30. The molecule has 0 aromatic heterocycles. The Morgan fingerprint density at radius 3 is 1.79 bits per heavy atom. The third kappa shape index (κ3) is 8.47. The van der Waals surface area contributed by atoms with Crippen molar-refractivity contribution < 1.29 is 23.6 Å². The van der Waals surface area contributed by atoms with Gasteiger partial charge in [0.25, 0.3) is 0 Å². The largest absolute Gasteiger partial charge is 0.507 e. The second kappa shape index (κ2) is 6.27. The predicted molar refractivity (Wildman–Crippen MR) is 75.8 cm³/mol. The first-order valence-electron chi connectivity index (χ1n) is 5.84. The van der Waals surface area contributed by atoms with E-state index in [2.05, 4.69) is 17.9 Å². The summed E-state index contributed by atoms with van der Waals surface area (Å²) >= 11 is 4.03. The van der Waals surface area contributed by atoms with Crippen LogP contribution >= 0.6 is 12.6 Å². The van der Waals surface area contributed by atoms with Crippen molar-refractivity contribution in [3.63, 3.8) is 0 Å². The highest BCUT2D eigenvalue weighted by molar-refractivity contribution is 7.96. The Bertz CT molecular complexity index is 392. The Hall–Kier alpha value is -1.24. The molecule has 0 aromatic rings. The molecule has 0 aromatic carbocycles. The van der Waals surface area contributed by atoms with Crippen LogP contribution < -0.4 is 5.32 Å².